The topological polar surface area (TPSA) is 80.6 Å². The standard InChI is InChI=1S/C14H12N2O4/c1-8-13(17)16-11-6-10(2-3-12(11)20-8)15-14(18)9-4-5-19-7-9/h2-8H,1H3,(H,15,18)(H,16,17)/t8-/m0/s1. The second kappa shape index (κ2) is 4.73. The predicted octanol–water partition coefficient (Wildman–Crippen LogP) is 2.25. The highest BCUT2D eigenvalue weighted by Gasteiger charge is 2.23. The second-order valence-electron chi connectivity index (χ2n) is 4.43. The number of fused-ring (bicyclic) bond motifs is 1. The Bertz CT molecular complexity index is 664. The molecule has 0 fully saturated rings. The predicted molar refractivity (Wildman–Crippen MR) is 71.8 cm³/mol. The molecule has 3 rings (SSSR count). The van der Waals surface area contributed by atoms with Gasteiger partial charge in [0.2, 0.25) is 0 Å². The summed E-state index contributed by atoms with van der Waals surface area (Å²) in [7, 11) is 0. The van der Waals surface area contributed by atoms with Gasteiger partial charge < -0.3 is 19.8 Å². The summed E-state index contributed by atoms with van der Waals surface area (Å²) in [6, 6.07) is 6.63. The Hall–Kier alpha value is -2.76. The summed E-state index contributed by atoms with van der Waals surface area (Å²) < 4.78 is 10.3. The molecular formula is C14H12N2O4. The van der Waals surface area contributed by atoms with Crippen LogP contribution in [0.5, 0.6) is 5.75 Å². The molecule has 1 aliphatic rings. The number of amides is 2. The highest BCUT2D eigenvalue weighted by molar-refractivity contribution is 6.05. The number of anilines is 2. The van der Waals surface area contributed by atoms with E-state index in [1.54, 1.807) is 31.2 Å². The van der Waals surface area contributed by atoms with Crippen molar-refractivity contribution in [1.29, 1.82) is 0 Å². The molecule has 0 bridgehead atoms. The summed E-state index contributed by atoms with van der Waals surface area (Å²) in [6.07, 6.45) is 2.27. The second-order valence-corrected chi connectivity index (χ2v) is 4.43. The fourth-order valence-corrected chi connectivity index (χ4v) is 1.88. The van der Waals surface area contributed by atoms with Crippen molar-refractivity contribution in [3.8, 4) is 5.75 Å². The van der Waals surface area contributed by atoms with Crippen molar-refractivity contribution in [2.45, 2.75) is 13.0 Å². The van der Waals surface area contributed by atoms with Crippen molar-refractivity contribution in [1.82, 2.24) is 0 Å². The Labute approximate surface area is 114 Å². The zero-order valence-electron chi connectivity index (χ0n) is 10.7. The van der Waals surface area contributed by atoms with Crippen LogP contribution in [0.2, 0.25) is 0 Å². The first-order valence-electron chi connectivity index (χ1n) is 6.08. The molecular weight excluding hydrogens is 260 g/mol. The van der Waals surface area contributed by atoms with Gasteiger partial charge in [-0.25, -0.2) is 0 Å². The minimum absolute atomic E-state index is 0.212. The van der Waals surface area contributed by atoms with E-state index in [4.69, 9.17) is 9.15 Å². The lowest BCUT2D eigenvalue weighted by Crippen LogP contribution is -2.34. The number of ether oxygens (including phenoxy) is 1. The Morgan fingerprint density at radius 3 is 2.95 bits per heavy atom. The fraction of sp³-hybridized carbons (Fsp3) is 0.143. The van der Waals surface area contributed by atoms with Crippen LogP contribution in [0.25, 0.3) is 0 Å². The van der Waals surface area contributed by atoms with Crippen molar-refractivity contribution in [3.63, 3.8) is 0 Å². The van der Waals surface area contributed by atoms with Crippen LogP contribution in [0, 0.1) is 0 Å². The first-order valence-corrected chi connectivity index (χ1v) is 6.08. The summed E-state index contributed by atoms with van der Waals surface area (Å²) in [5.74, 6) is 0.0874. The monoisotopic (exact) mass is 272 g/mol. The maximum absolute atomic E-state index is 11.9. The third-order valence-corrected chi connectivity index (χ3v) is 2.95. The van der Waals surface area contributed by atoms with Gasteiger partial charge in [0.25, 0.3) is 11.8 Å². The quantitative estimate of drug-likeness (QED) is 0.878. The summed E-state index contributed by atoms with van der Waals surface area (Å²) in [5.41, 5.74) is 1.53. The molecule has 6 heteroatoms. The minimum Gasteiger partial charge on any atom is -0.479 e. The molecule has 1 aromatic carbocycles. The van der Waals surface area contributed by atoms with E-state index in [1.807, 2.05) is 0 Å². The van der Waals surface area contributed by atoms with E-state index in [2.05, 4.69) is 10.6 Å². The van der Waals surface area contributed by atoms with Gasteiger partial charge in [-0.1, -0.05) is 0 Å². The number of carbonyl (C=O) groups is 2. The molecule has 2 aromatic rings. The lowest BCUT2D eigenvalue weighted by Gasteiger charge is -2.23. The fourth-order valence-electron chi connectivity index (χ4n) is 1.88. The highest BCUT2D eigenvalue weighted by Crippen LogP contribution is 2.32. The SMILES string of the molecule is C[C@@H]1Oc2ccc(NC(=O)c3ccoc3)cc2NC1=O. The normalized spacial score (nSPS) is 16.9. The van der Waals surface area contributed by atoms with Crippen LogP contribution in [0.4, 0.5) is 11.4 Å². The Morgan fingerprint density at radius 2 is 2.20 bits per heavy atom. The minimum atomic E-state index is -0.520. The third-order valence-electron chi connectivity index (χ3n) is 2.95. The van der Waals surface area contributed by atoms with Gasteiger partial charge in [-0.2, -0.15) is 0 Å². The maximum atomic E-state index is 11.9. The summed E-state index contributed by atoms with van der Waals surface area (Å²) in [4.78, 5) is 23.4. The van der Waals surface area contributed by atoms with E-state index in [1.165, 1.54) is 12.5 Å². The lowest BCUT2D eigenvalue weighted by molar-refractivity contribution is -0.122. The van der Waals surface area contributed by atoms with Crippen LogP contribution >= 0.6 is 0 Å². The summed E-state index contributed by atoms with van der Waals surface area (Å²) in [6.45, 7) is 1.67. The van der Waals surface area contributed by atoms with Crippen molar-refractivity contribution >= 4 is 23.2 Å². The van der Waals surface area contributed by atoms with Gasteiger partial charge in [-0.15, -0.1) is 0 Å². The van der Waals surface area contributed by atoms with Crippen LogP contribution < -0.4 is 15.4 Å². The van der Waals surface area contributed by atoms with Crippen LogP contribution in [-0.4, -0.2) is 17.9 Å². The molecule has 1 aromatic heterocycles. The smallest absolute Gasteiger partial charge is 0.265 e. The number of carbonyl (C=O) groups excluding carboxylic acids is 2. The molecule has 1 aliphatic heterocycles. The van der Waals surface area contributed by atoms with Gasteiger partial charge in [0.15, 0.2) is 6.10 Å². The maximum Gasteiger partial charge on any atom is 0.265 e. The molecule has 0 spiro atoms. The molecule has 102 valence electrons. The summed E-state index contributed by atoms with van der Waals surface area (Å²) in [5, 5.41) is 5.44. The zero-order valence-corrected chi connectivity index (χ0v) is 10.7. The van der Waals surface area contributed by atoms with E-state index < -0.39 is 6.10 Å². The van der Waals surface area contributed by atoms with Crippen LogP contribution in [0.3, 0.4) is 0 Å². The van der Waals surface area contributed by atoms with Crippen LogP contribution in [-0.2, 0) is 4.79 Å². The van der Waals surface area contributed by atoms with Crippen molar-refractivity contribution in [3.05, 3.63) is 42.4 Å². The highest BCUT2D eigenvalue weighted by atomic mass is 16.5. The Balaban J connectivity index is 1.81. The van der Waals surface area contributed by atoms with E-state index in [0.717, 1.165) is 0 Å². The van der Waals surface area contributed by atoms with E-state index in [0.29, 0.717) is 22.7 Å². The lowest BCUT2D eigenvalue weighted by atomic mass is 10.2. The molecule has 20 heavy (non-hydrogen) atoms. The van der Waals surface area contributed by atoms with E-state index in [9.17, 15) is 9.59 Å². The zero-order chi connectivity index (χ0) is 14.1. The third kappa shape index (κ3) is 2.23. The average molecular weight is 272 g/mol. The molecule has 2 N–H and O–H groups in total. The van der Waals surface area contributed by atoms with Gasteiger partial charge in [0, 0.05) is 5.69 Å². The van der Waals surface area contributed by atoms with Gasteiger partial charge >= 0.3 is 0 Å². The largest absolute Gasteiger partial charge is 0.479 e. The number of benzene rings is 1. The van der Waals surface area contributed by atoms with Crippen molar-refractivity contribution in [2.75, 3.05) is 10.6 Å². The molecule has 0 unspecified atom stereocenters. The van der Waals surface area contributed by atoms with Gasteiger partial charge in [-0.05, 0) is 31.2 Å². The van der Waals surface area contributed by atoms with Gasteiger partial charge in [0.05, 0.1) is 17.5 Å². The number of hydrogen-bond donors (Lipinski definition) is 2. The number of nitrogens with one attached hydrogen (secondary N) is 2. The van der Waals surface area contributed by atoms with E-state index in [-0.39, 0.29) is 11.8 Å². The molecule has 6 nitrogen and oxygen atoms in total. The Morgan fingerprint density at radius 1 is 1.35 bits per heavy atom. The molecule has 0 aliphatic carbocycles. The van der Waals surface area contributed by atoms with Crippen molar-refractivity contribution in [2.24, 2.45) is 0 Å². The summed E-state index contributed by atoms with van der Waals surface area (Å²) >= 11 is 0. The van der Waals surface area contributed by atoms with Crippen LogP contribution in [0.15, 0.2) is 41.2 Å². The van der Waals surface area contributed by atoms with Gasteiger partial charge in [0.1, 0.15) is 12.0 Å². The van der Waals surface area contributed by atoms with E-state index >= 15 is 0 Å². The average Bonchev–Trinajstić information content (AvgIpc) is 2.94. The number of furan rings is 1. The molecule has 0 saturated heterocycles. The molecule has 1 atom stereocenters. The van der Waals surface area contributed by atoms with Crippen molar-refractivity contribution < 1.29 is 18.7 Å². The number of rotatable bonds is 2. The molecule has 0 saturated carbocycles. The van der Waals surface area contributed by atoms with Gasteiger partial charge in [-0.3, -0.25) is 9.59 Å². The number of hydrogen-bond acceptors (Lipinski definition) is 4. The molecule has 0 radical (unpaired) electrons. The molecule has 2 amide bonds. The Kier molecular flexibility index (Phi) is 2.90. The first-order chi connectivity index (χ1) is 9.63. The van der Waals surface area contributed by atoms with Crippen LogP contribution in [0.1, 0.15) is 17.3 Å². The molecule has 2 heterocycles. The first kappa shape index (κ1) is 12.3.